The second kappa shape index (κ2) is 4.85. The van der Waals surface area contributed by atoms with Crippen molar-refractivity contribution >= 4 is 10.9 Å². The Kier molecular flexibility index (Phi) is 3.05. The monoisotopic (exact) mass is 256 g/mol. The number of benzene rings is 1. The Morgan fingerprint density at radius 2 is 2.21 bits per heavy atom. The van der Waals surface area contributed by atoms with E-state index in [1.54, 1.807) is 6.92 Å². The number of aromatic nitrogens is 3. The molecule has 0 amide bonds. The first kappa shape index (κ1) is 11.9. The summed E-state index contributed by atoms with van der Waals surface area (Å²) < 4.78 is 7.14. The second-order valence-corrected chi connectivity index (χ2v) is 4.55. The van der Waals surface area contributed by atoms with Gasteiger partial charge in [-0.15, -0.1) is 0 Å². The first-order chi connectivity index (χ1) is 9.28. The minimum Gasteiger partial charge on any atom is -0.340 e. The third kappa shape index (κ3) is 2.24. The molecule has 0 radical (unpaired) electrons. The van der Waals surface area contributed by atoms with Crippen LogP contribution in [0.5, 0.6) is 0 Å². The van der Waals surface area contributed by atoms with Crippen molar-refractivity contribution in [2.24, 2.45) is 0 Å². The lowest BCUT2D eigenvalue weighted by atomic mass is 10.1. The number of hydrogen-bond donors (Lipinski definition) is 1. The van der Waals surface area contributed by atoms with Crippen molar-refractivity contribution in [3.63, 3.8) is 0 Å². The van der Waals surface area contributed by atoms with Crippen LogP contribution in [0.25, 0.3) is 10.9 Å². The molecule has 0 saturated heterocycles. The Hall–Kier alpha value is -2.14. The van der Waals surface area contributed by atoms with Crippen molar-refractivity contribution < 1.29 is 4.52 Å². The van der Waals surface area contributed by atoms with Crippen LogP contribution in [-0.4, -0.2) is 21.8 Å². The molecule has 3 aromatic rings. The second-order valence-electron chi connectivity index (χ2n) is 4.55. The summed E-state index contributed by atoms with van der Waals surface area (Å²) in [6.45, 7) is 3.29. The lowest BCUT2D eigenvalue weighted by molar-refractivity contribution is 0.386. The SMILES string of the molecule is CNCc1cccc2c1ccn2Cc1noc(C)n1. The molecule has 0 saturated carbocycles. The van der Waals surface area contributed by atoms with Crippen LogP contribution >= 0.6 is 0 Å². The van der Waals surface area contributed by atoms with Crippen LogP contribution in [0.15, 0.2) is 35.0 Å². The van der Waals surface area contributed by atoms with E-state index in [0.29, 0.717) is 18.3 Å². The number of nitrogens with zero attached hydrogens (tertiary/aromatic N) is 3. The summed E-state index contributed by atoms with van der Waals surface area (Å²) in [5, 5.41) is 8.39. The van der Waals surface area contributed by atoms with Gasteiger partial charge in [0.25, 0.3) is 0 Å². The molecule has 0 spiro atoms. The molecule has 98 valence electrons. The smallest absolute Gasteiger partial charge is 0.223 e. The van der Waals surface area contributed by atoms with E-state index in [4.69, 9.17) is 4.52 Å². The van der Waals surface area contributed by atoms with Gasteiger partial charge in [0.15, 0.2) is 5.82 Å². The number of fused-ring (bicyclic) bond motifs is 1. The third-order valence-electron chi connectivity index (χ3n) is 3.15. The zero-order valence-electron chi connectivity index (χ0n) is 11.1. The van der Waals surface area contributed by atoms with Gasteiger partial charge in [-0.1, -0.05) is 17.3 Å². The summed E-state index contributed by atoms with van der Waals surface area (Å²) in [4.78, 5) is 4.24. The zero-order valence-corrected chi connectivity index (χ0v) is 11.1. The summed E-state index contributed by atoms with van der Waals surface area (Å²) in [6.07, 6.45) is 2.06. The number of hydrogen-bond acceptors (Lipinski definition) is 4. The number of aryl methyl sites for hydroxylation is 1. The fourth-order valence-electron chi connectivity index (χ4n) is 2.33. The summed E-state index contributed by atoms with van der Waals surface area (Å²) in [5.74, 6) is 1.30. The average Bonchev–Trinajstić information content (AvgIpc) is 2.99. The highest BCUT2D eigenvalue weighted by Crippen LogP contribution is 2.20. The number of rotatable bonds is 4. The van der Waals surface area contributed by atoms with Gasteiger partial charge in [-0.3, -0.25) is 0 Å². The molecule has 0 atom stereocenters. The van der Waals surface area contributed by atoms with E-state index in [-0.39, 0.29) is 0 Å². The van der Waals surface area contributed by atoms with E-state index in [1.807, 2.05) is 7.05 Å². The number of nitrogens with one attached hydrogen (secondary N) is 1. The van der Waals surface area contributed by atoms with E-state index in [0.717, 1.165) is 6.54 Å². The maximum atomic E-state index is 5.00. The van der Waals surface area contributed by atoms with Gasteiger partial charge in [-0.25, -0.2) is 0 Å². The van der Waals surface area contributed by atoms with Crippen molar-refractivity contribution in [3.8, 4) is 0 Å². The Morgan fingerprint density at radius 1 is 1.32 bits per heavy atom. The van der Waals surface area contributed by atoms with Crippen LogP contribution in [0, 0.1) is 6.92 Å². The Bertz CT molecular complexity index is 698. The highest BCUT2D eigenvalue weighted by molar-refractivity contribution is 5.83. The average molecular weight is 256 g/mol. The third-order valence-corrected chi connectivity index (χ3v) is 3.15. The Balaban J connectivity index is 1.98. The van der Waals surface area contributed by atoms with Crippen LogP contribution in [0.2, 0.25) is 0 Å². The van der Waals surface area contributed by atoms with E-state index in [9.17, 15) is 0 Å². The fraction of sp³-hybridized carbons (Fsp3) is 0.286. The van der Waals surface area contributed by atoms with Crippen molar-refractivity contribution in [1.29, 1.82) is 0 Å². The molecule has 0 aliphatic rings. The summed E-state index contributed by atoms with van der Waals surface area (Å²) in [6, 6.07) is 8.46. The predicted octanol–water partition coefficient (Wildman–Crippen LogP) is 2.10. The highest BCUT2D eigenvalue weighted by atomic mass is 16.5. The Labute approximate surface area is 111 Å². The molecule has 0 unspecified atom stereocenters. The molecule has 0 fully saturated rings. The Morgan fingerprint density at radius 3 is 2.95 bits per heavy atom. The molecule has 0 aliphatic carbocycles. The van der Waals surface area contributed by atoms with Crippen molar-refractivity contribution in [3.05, 3.63) is 47.7 Å². The topological polar surface area (TPSA) is 55.9 Å². The van der Waals surface area contributed by atoms with Crippen LogP contribution in [-0.2, 0) is 13.1 Å². The molecule has 2 heterocycles. The molecule has 2 aromatic heterocycles. The first-order valence-corrected chi connectivity index (χ1v) is 6.28. The van der Waals surface area contributed by atoms with Gasteiger partial charge in [-0.2, -0.15) is 4.98 Å². The largest absolute Gasteiger partial charge is 0.340 e. The van der Waals surface area contributed by atoms with Gasteiger partial charge in [0, 0.05) is 30.6 Å². The molecule has 5 heteroatoms. The van der Waals surface area contributed by atoms with Gasteiger partial charge in [0.1, 0.15) is 0 Å². The lowest BCUT2D eigenvalue weighted by Crippen LogP contribution is -2.05. The molecular formula is C14H16N4O. The summed E-state index contributed by atoms with van der Waals surface area (Å²) in [7, 11) is 1.96. The van der Waals surface area contributed by atoms with Gasteiger partial charge in [0.2, 0.25) is 5.89 Å². The normalized spacial score (nSPS) is 11.3. The molecular weight excluding hydrogens is 240 g/mol. The molecule has 3 rings (SSSR count). The minimum atomic E-state index is 0.599. The summed E-state index contributed by atoms with van der Waals surface area (Å²) >= 11 is 0. The standard InChI is InChI=1S/C14H16N4O/c1-10-16-14(17-19-10)9-18-7-6-12-11(8-15-2)4-3-5-13(12)18/h3-7,15H,8-9H2,1-2H3. The van der Waals surface area contributed by atoms with Gasteiger partial charge < -0.3 is 14.4 Å². The molecule has 1 N–H and O–H groups in total. The van der Waals surface area contributed by atoms with Crippen molar-refractivity contribution in [2.75, 3.05) is 7.05 Å². The first-order valence-electron chi connectivity index (χ1n) is 6.28. The molecule has 0 aliphatic heterocycles. The molecule has 0 bridgehead atoms. The van der Waals surface area contributed by atoms with Crippen LogP contribution in [0.1, 0.15) is 17.3 Å². The van der Waals surface area contributed by atoms with Crippen LogP contribution in [0.4, 0.5) is 0 Å². The maximum Gasteiger partial charge on any atom is 0.223 e. The van der Waals surface area contributed by atoms with E-state index in [1.165, 1.54) is 16.5 Å². The lowest BCUT2D eigenvalue weighted by Gasteiger charge is -2.05. The minimum absolute atomic E-state index is 0.599. The van der Waals surface area contributed by atoms with Gasteiger partial charge >= 0.3 is 0 Å². The molecule has 19 heavy (non-hydrogen) atoms. The van der Waals surface area contributed by atoms with E-state index < -0.39 is 0 Å². The van der Waals surface area contributed by atoms with Crippen molar-refractivity contribution in [2.45, 2.75) is 20.0 Å². The molecule has 5 nitrogen and oxygen atoms in total. The fourth-order valence-corrected chi connectivity index (χ4v) is 2.33. The maximum absolute atomic E-state index is 5.00. The van der Waals surface area contributed by atoms with Crippen molar-refractivity contribution in [1.82, 2.24) is 20.0 Å². The van der Waals surface area contributed by atoms with Crippen LogP contribution < -0.4 is 5.32 Å². The quantitative estimate of drug-likeness (QED) is 0.776. The predicted molar refractivity (Wildman–Crippen MR) is 72.8 cm³/mol. The van der Waals surface area contributed by atoms with E-state index in [2.05, 4.69) is 50.5 Å². The van der Waals surface area contributed by atoms with Gasteiger partial charge in [0.05, 0.1) is 6.54 Å². The van der Waals surface area contributed by atoms with E-state index >= 15 is 0 Å². The zero-order chi connectivity index (χ0) is 13.2. The highest BCUT2D eigenvalue weighted by Gasteiger charge is 2.08. The summed E-state index contributed by atoms with van der Waals surface area (Å²) in [5.41, 5.74) is 2.48. The van der Waals surface area contributed by atoms with Gasteiger partial charge in [-0.05, 0) is 24.7 Å². The van der Waals surface area contributed by atoms with Crippen LogP contribution in [0.3, 0.4) is 0 Å². The molecule has 1 aromatic carbocycles.